The quantitative estimate of drug-likeness (QED) is 0.510. The van der Waals surface area contributed by atoms with Crippen LogP contribution in [-0.4, -0.2) is 25.4 Å². The second kappa shape index (κ2) is 9.39. The fourth-order valence-electron chi connectivity index (χ4n) is 2.79. The van der Waals surface area contributed by atoms with Crippen molar-refractivity contribution >= 4 is 33.0 Å². The van der Waals surface area contributed by atoms with Crippen LogP contribution in [0.4, 0.5) is 18.9 Å². The molecular weight excluding hydrogens is 463 g/mol. The number of sulfonamides is 1. The van der Waals surface area contributed by atoms with E-state index in [1.54, 1.807) is 19.2 Å². The number of hydrogen-bond donors (Lipinski definition) is 2. The lowest BCUT2D eigenvalue weighted by atomic mass is 10.1. The van der Waals surface area contributed by atoms with E-state index < -0.39 is 21.8 Å². The number of hydrogen-bond acceptors (Lipinski definition) is 5. The van der Waals surface area contributed by atoms with Crippen molar-refractivity contribution in [2.45, 2.75) is 37.4 Å². The normalized spacial score (nSPS) is 12.2. The highest BCUT2D eigenvalue weighted by Gasteiger charge is 2.30. The lowest BCUT2D eigenvalue weighted by molar-refractivity contribution is -0.137. The van der Waals surface area contributed by atoms with Gasteiger partial charge in [-0.25, -0.2) is 18.1 Å². The zero-order valence-corrected chi connectivity index (χ0v) is 18.7. The van der Waals surface area contributed by atoms with Crippen molar-refractivity contribution in [1.82, 2.24) is 9.71 Å². The lowest BCUT2D eigenvalue weighted by Gasteiger charge is -2.10. The number of rotatable bonds is 7. The molecule has 1 amide bonds. The molecule has 1 aromatic heterocycles. The van der Waals surface area contributed by atoms with Crippen molar-refractivity contribution in [3.8, 4) is 10.6 Å². The van der Waals surface area contributed by atoms with Gasteiger partial charge in [0.15, 0.2) is 0 Å². The van der Waals surface area contributed by atoms with Gasteiger partial charge >= 0.3 is 6.18 Å². The van der Waals surface area contributed by atoms with Gasteiger partial charge in [0.25, 0.3) is 0 Å². The maximum Gasteiger partial charge on any atom is 0.416 e. The number of thiazole rings is 1. The molecule has 0 radical (unpaired) electrons. The molecule has 32 heavy (non-hydrogen) atoms. The van der Waals surface area contributed by atoms with Crippen LogP contribution in [0, 0.1) is 0 Å². The van der Waals surface area contributed by atoms with Gasteiger partial charge in [-0.2, -0.15) is 13.2 Å². The van der Waals surface area contributed by atoms with Crippen LogP contribution in [0.25, 0.3) is 10.6 Å². The molecule has 3 rings (SSSR count). The predicted octanol–water partition coefficient (Wildman–Crippen LogP) is 4.70. The smallest absolute Gasteiger partial charge is 0.326 e. The number of carbonyl (C=O) groups excluding carboxylic acids is 1. The van der Waals surface area contributed by atoms with Crippen molar-refractivity contribution in [3.05, 3.63) is 65.2 Å². The fourth-order valence-corrected chi connectivity index (χ4v) is 4.86. The molecule has 0 fully saturated rings. The summed E-state index contributed by atoms with van der Waals surface area (Å²) in [5, 5.41) is 4.84. The van der Waals surface area contributed by atoms with E-state index in [0.29, 0.717) is 22.0 Å². The van der Waals surface area contributed by atoms with E-state index >= 15 is 0 Å². The summed E-state index contributed by atoms with van der Waals surface area (Å²) in [6.07, 6.45) is -4.44. The number of amides is 1. The summed E-state index contributed by atoms with van der Waals surface area (Å²) in [6.45, 7) is 3.43. The molecule has 2 N–H and O–H groups in total. The highest BCUT2D eigenvalue weighted by molar-refractivity contribution is 7.89. The van der Waals surface area contributed by atoms with Crippen LogP contribution in [0.1, 0.15) is 25.1 Å². The molecule has 3 aromatic rings. The number of nitrogens with one attached hydrogen (secondary N) is 2. The maximum absolute atomic E-state index is 12.7. The van der Waals surface area contributed by atoms with Crippen LogP contribution in [0.5, 0.6) is 0 Å². The first-order chi connectivity index (χ1) is 14.9. The molecule has 170 valence electrons. The Morgan fingerprint density at radius 2 is 1.69 bits per heavy atom. The zero-order chi connectivity index (χ0) is 23.5. The first-order valence-corrected chi connectivity index (χ1v) is 11.8. The second-order valence-corrected chi connectivity index (χ2v) is 9.82. The van der Waals surface area contributed by atoms with Gasteiger partial charge in [0, 0.05) is 22.7 Å². The monoisotopic (exact) mass is 483 g/mol. The molecule has 0 saturated heterocycles. The molecule has 0 aliphatic heterocycles. The molecule has 6 nitrogen and oxygen atoms in total. The van der Waals surface area contributed by atoms with Gasteiger partial charge in [-0.05, 0) is 50.2 Å². The minimum Gasteiger partial charge on any atom is -0.326 e. The number of carbonyl (C=O) groups is 1. The summed E-state index contributed by atoms with van der Waals surface area (Å²) in [5.74, 6) is -0.356. The van der Waals surface area contributed by atoms with Crippen molar-refractivity contribution in [2.75, 3.05) is 5.32 Å². The largest absolute Gasteiger partial charge is 0.416 e. The molecule has 0 bridgehead atoms. The minimum atomic E-state index is -4.40. The van der Waals surface area contributed by atoms with Gasteiger partial charge < -0.3 is 5.32 Å². The topological polar surface area (TPSA) is 88.2 Å². The Balaban J connectivity index is 1.62. The average Bonchev–Trinajstić information content (AvgIpc) is 3.15. The van der Waals surface area contributed by atoms with E-state index in [9.17, 15) is 26.4 Å². The fraction of sp³-hybridized carbons (Fsp3) is 0.238. The molecule has 0 atom stereocenters. The third kappa shape index (κ3) is 6.15. The van der Waals surface area contributed by atoms with Crippen LogP contribution in [-0.2, 0) is 27.4 Å². The van der Waals surface area contributed by atoms with Crippen LogP contribution < -0.4 is 10.0 Å². The standard InChI is InChI=1S/C21H20F3N3O3S2/c1-13(2)27-32(29,30)18-9-7-16(8-10-18)25-19(28)11-17-12-31-20(26-17)14-3-5-15(6-4-14)21(22,23)24/h3-10,12-13,27H,11H2,1-2H3,(H,25,28). The van der Waals surface area contributed by atoms with Crippen LogP contribution in [0.3, 0.4) is 0 Å². The van der Waals surface area contributed by atoms with Gasteiger partial charge in [-0.3, -0.25) is 4.79 Å². The van der Waals surface area contributed by atoms with Crippen LogP contribution >= 0.6 is 11.3 Å². The van der Waals surface area contributed by atoms with E-state index in [4.69, 9.17) is 0 Å². The molecular formula is C21H20F3N3O3S2. The summed E-state index contributed by atoms with van der Waals surface area (Å²) in [4.78, 5) is 16.7. The van der Waals surface area contributed by atoms with E-state index in [2.05, 4.69) is 15.0 Å². The lowest BCUT2D eigenvalue weighted by Crippen LogP contribution is -2.30. The Kier molecular flexibility index (Phi) is 7.01. The van der Waals surface area contributed by atoms with E-state index in [0.717, 1.165) is 12.1 Å². The Labute approximate surface area is 187 Å². The average molecular weight is 484 g/mol. The molecule has 0 aliphatic carbocycles. The molecule has 0 saturated carbocycles. The molecule has 2 aromatic carbocycles. The summed E-state index contributed by atoms with van der Waals surface area (Å²) in [7, 11) is -3.62. The third-order valence-corrected chi connectivity index (χ3v) is 6.81. The number of benzene rings is 2. The zero-order valence-electron chi connectivity index (χ0n) is 17.1. The van der Waals surface area contributed by atoms with Crippen molar-refractivity contribution in [2.24, 2.45) is 0 Å². The van der Waals surface area contributed by atoms with Crippen LogP contribution in [0.15, 0.2) is 58.8 Å². The second-order valence-electron chi connectivity index (χ2n) is 7.24. The number of aromatic nitrogens is 1. The number of anilines is 1. The van der Waals surface area contributed by atoms with Gasteiger partial charge in [-0.15, -0.1) is 11.3 Å². The van der Waals surface area contributed by atoms with Gasteiger partial charge in [0.2, 0.25) is 15.9 Å². The number of nitrogens with zero attached hydrogens (tertiary/aromatic N) is 1. The summed E-state index contributed by atoms with van der Waals surface area (Å²) >= 11 is 1.23. The molecule has 0 aliphatic rings. The van der Waals surface area contributed by atoms with Crippen molar-refractivity contribution in [1.29, 1.82) is 0 Å². The third-order valence-electron chi connectivity index (χ3n) is 4.19. The minimum absolute atomic E-state index is 0.0356. The van der Waals surface area contributed by atoms with Crippen molar-refractivity contribution in [3.63, 3.8) is 0 Å². The Morgan fingerprint density at radius 1 is 1.06 bits per heavy atom. The first-order valence-electron chi connectivity index (χ1n) is 9.48. The molecule has 0 unspecified atom stereocenters. The maximum atomic E-state index is 12.7. The Bertz CT molecular complexity index is 1190. The van der Waals surface area contributed by atoms with Crippen LogP contribution in [0.2, 0.25) is 0 Å². The highest BCUT2D eigenvalue weighted by atomic mass is 32.2. The predicted molar refractivity (Wildman–Crippen MR) is 117 cm³/mol. The Morgan fingerprint density at radius 3 is 2.25 bits per heavy atom. The summed E-state index contributed by atoms with van der Waals surface area (Å²) in [5.41, 5.74) is 0.692. The molecule has 1 heterocycles. The van der Waals surface area contributed by atoms with E-state index in [-0.39, 0.29) is 23.3 Å². The SMILES string of the molecule is CC(C)NS(=O)(=O)c1ccc(NC(=O)Cc2csc(-c3ccc(C(F)(F)F)cc3)n2)cc1. The van der Waals surface area contributed by atoms with Gasteiger partial charge in [-0.1, -0.05) is 12.1 Å². The number of halogens is 3. The summed E-state index contributed by atoms with van der Waals surface area (Å²) < 4.78 is 64.8. The molecule has 0 spiro atoms. The van der Waals surface area contributed by atoms with E-state index in [1.165, 1.54) is 47.7 Å². The first kappa shape index (κ1) is 23.9. The van der Waals surface area contributed by atoms with Gasteiger partial charge in [0.05, 0.1) is 22.6 Å². The van der Waals surface area contributed by atoms with E-state index in [1.807, 2.05) is 0 Å². The van der Waals surface area contributed by atoms with Crippen molar-refractivity contribution < 1.29 is 26.4 Å². The molecule has 11 heteroatoms. The Hall–Kier alpha value is -2.76. The highest BCUT2D eigenvalue weighted by Crippen LogP contribution is 2.31. The van der Waals surface area contributed by atoms with Gasteiger partial charge in [0.1, 0.15) is 5.01 Å². The number of alkyl halides is 3. The summed E-state index contributed by atoms with van der Waals surface area (Å²) in [6, 6.07) is 10.2.